The molecule has 0 saturated carbocycles. The lowest BCUT2D eigenvalue weighted by atomic mass is 10.2. The Hall–Kier alpha value is -1.50. The lowest BCUT2D eigenvalue weighted by Crippen LogP contribution is -2.30. The van der Waals surface area contributed by atoms with Crippen molar-refractivity contribution in [3.05, 3.63) is 36.5 Å². The van der Waals surface area contributed by atoms with Crippen LogP contribution in [0.2, 0.25) is 0 Å². The van der Waals surface area contributed by atoms with Gasteiger partial charge in [0.1, 0.15) is 4.90 Å². The third kappa shape index (κ3) is 4.03. The number of benzene rings is 1. The van der Waals surface area contributed by atoms with Crippen LogP contribution in [0.3, 0.4) is 0 Å². The van der Waals surface area contributed by atoms with Crippen LogP contribution >= 0.6 is 0 Å². The minimum Gasteiger partial charge on any atom is -0.304 e. The van der Waals surface area contributed by atoms with Gasteiger partial charge in [-0.15, -0.1) is 0 Å². The zero-order valence-corrected chi connectivity index (χ0v) is 13.9. The summed E-state index contributed by atoms with van der Waals surface area (Å²) in [7, 11) is -3.53. The maximum absolute atomic E-state index is 12.5. The molecule has 5 nitrogen and oxygen atoms in total. The molecule has 6 heteroatoms. The fourth-order valence-electron chi connectivity index (χ4n) is 2.42. The van der Waals surface area contributed by atoms with Crippen LogP contribution < -0.4 is 4.72 Å². The molecule has 0 aliphatic carbocycles. The molecule has 0 bridgehead atoms. The summed E-state index contributed by atoms with van der Waals surface area (Å²) >= 11 is 0. The molecule has 0 atom stereocenters. The van der Waals surface area contributed by atoms with E-state index in [1.165, 1.54) is 0 Å². The van der Waals surface area contributed by atoms with E-state index in [1.807, 2.05) is 12.1 Å². The lowest BCUT2D eigenvalue weighted by Gasteiger charge is -2.17. The smallest absolute Gasteiger partial charge is 0.242 e. The van der Waals surface area contributed by atoms with Crippen LogP contribution in [0.4, 0.5) is 0 Å². The molecule has 0 aliphatic heterocycles. The Morgan fingerprint density at radius 2 is 1.86 bits per heavy atom. The lowest BCUT2D eigenvalue weighted by molar-refractivity contribution is 0.300. The van der Waals surface area contributed by atoms with Gasteiger partial charge in [0.05, 0.1) is 5.52 Å². The second-order valence-electron chi connectivity index (χ2n) is 5.11. The predicted molar refractivity (Wildman–Crippen MR) is 89.3 cm³/mol. The van der Waals surface area contributed by atoms with Gasteiger partial charge in [0.15, 0.2) is 0 Å². The van der Waals surface area contributed by atoms with Gasteiger partial charge in [-0.2, -0.15) is 0 Å². The van der Waals surface area contributed by atoms with Crippen molar-refractivity contribution < 1.29 is 8.42 Å². The molecule has 22 heavy (non-hydrogen) atoms. The number of nitrogens with zero attached hydrogens (tertiary/aromatic N) is 2. The number of aromatic nitrogens is 1. The number of hydrogen-bond acceptors (Lipinski definition) is 4. The second kappa shape index (κ2) is 7.67. The SMILES string of the molecule is CCN(CC)CCCNS(=O)(=O)c1cccc2cccnc12. The van der Waals surface area contributed by atoms with Gasteiger partial charge >= 0.3 is 0 Å². The molecule has 1 aromatic carbocycles. The zero-order valence-electron chi connectivity index (χ0n) is 13.1. The van der Waals surface area contributed by atoms with E-state index in [1.54, 1.807) is 24.4 Å². The summed E-state index contributed by atoms with van der Waals surface area (Å²) in [6.07, 6.45) is 2.40. The van der Waals surface area contributed by atoms with E-state index in [0.29, 0.717) is 12.1 Å². The standard InChI is InChI=1S/C16H23N3O2S/c1-3-19(4-2)13-7-12-18-22(20,21)15-10-5-8-14-9-6-11-17-16(14)15/h5-6,8-11,18H,3-4,7,12-13H2,1-2H3. The van der Waals surface area contributed by atoms with Crippen LogP contribution in [0.15, 0.2) is 41.4 Å². The molecule has 0 unspecified atom stereocenters. The van der Waals surface area contributed by atoms with Crippen LogP contribution in [-0.2, 0) is 10.0 Å². The van der Waals surface area contributed by atoms with Crippen molar-refractivity contribution in [1.82, 2.24) is 14.6 Å². The van der Waals surface area contributed by atoms with Crippen molar-refractivity contribution in [1.29, 1.82) is 0 Å². The number of fused-ring (bicyclic) bond motifs is 1. The van der Waals surface area contributed by atoms with Crippen molar-refractivity contribution in [2.45, 2.75) is 25.2 Å². The van der Waals surface area contributed by atoms with E-state index < -0.39 is 10.0 Å². The van der Waals surface area contributed by atoms with E-state index in [0.717, 1.165) is 31.4 Å². The minimum absolute atomic E-state index is 0.244. The monoisotopic (exact) mass is 321 g/mol. The molecule has 120 valence electrons. The zero-order chi connectivity index (χ0) is 16.0. The molecule has 2 aromatic rings. The second-order valence-corrected chi connectivity index (χ2v) is 6.84. The number of hydrogen-bond donors (Lipinski definition) is 1. The molecule has 1 aromatic heterocycles. The molecular formula is C16H23N3O2S. The summed E-state index contributed by atoms with van der Waals surface area (Å²) in [5.41, 5.74) is 0.515. The van der Waals surface area contributed by atoms with Crippen LogP contribution in [0.5, 0.6) is 0 Å². The number of sulfonamides is 1. The van der Waals surface area contributed by atoms with Gasteiger partial charge in [0, 0.05) is 18.1 Å². The normalized spacial score (nSPS) is 12.1. The highest BCUT2D eigenvalue weighted by molar-refractivity contribution is 7.89. The summed E-state index contributed by atoms with van der Waals surface area (Å²) in [6.45, 7) is 7.50. The topological polar surface area (TPSA) is 62.3 Å². The third-order valence-electron chi connectivity index (χ3n) is 3.72. The summed E-state index contributed by atoms with van der Waals surface area (Å²) in [4.78, 5) is 6.72. The first-order valence-electron chi connectivity index (χ1n) is 7.64. The molecule has 1 heterocycles. The summed E-state index contributed by atoms with van der Waals surface area (Å²) in [5.74, 6) is 0. The first-order valence-corrected chi connectivity index (χ1v) is 9.12. The Kier molecular flexibility index (Phi) is 5.88. The quantitative estimate of drug-likeness (QED) is 0.758. The van der Waals surface area contributed by atoms with E-state index in [9.17, 15) is 8.42 Å². The Morgan fingerprint density at radius 1 is 1.14 bits per heavy atom. The largest absolute Gasteiger partial charge is 0.304 e. The third-order valence-corrected chi connectivity index (χ3v) is 5.22. The van der Waals surface area contributed by atoms with Crippen LogP contribution in [0.25, 0.3) is 10.9 Å². The van der Waals surface area contributed by atoms with E-state index in [4.69, 9.17) is 0 Å². The van der Waals surface area contributed by atoms with Gasteiger partial charge in [-0.1, -0.05) is 32.0 Å². The first-order chi connectivity index (χ1) is 10.6. The van der Waals surface area contributed by atoms with Crippen molar-refractivity contribution in [2.75, 3.05) is 26.2 Å². The Morgan fingerprint density at radius 3 is 2.59 bits per heavy atom. The van der Waals surface area contributed by atoms with Gasteiger partial charge in [-0.05, 0) is 38.2 Å². The van der Waals surface area contributed by atoms with Gasteiger partial charge in [-0.25, -0.2) is 13.1 Å². The first kappa shape index (κ1) is 16.9. The number of nitrogens with one attached hydrogen (secondary N) is 1. The molecule has 2 rings (SSSR count). The minimum atomic E-state index is -3.53. The molecule has 0 amide bonds. The van der Waals surface area contributed by atoms with Crippen molar-refractivity contribution in [3.8, 4) is 0 Å². The average molecular weight is 321 g/mol. The van der Waals surface area contributed by atoms with Gasteiger partial charge in [0.25, 0.3) is 0 Å². The molecule has 0 spiro atoms. The van der Waals surface area contributed by atoms with Crippen LogP contribution in [0, 0.1) is 0 Å². The summed E-state index contributed by atoms with van der Waals surface area (Å²) in [6, 6.07) is 8.87. The van der Waals surface area contributed by atoms with Gasteiger partial charge in [-0.3, -0.25) is 4.98 Å². The van der Waals surface area contributed by atoms with Crippen molar-refractivity contribution in [2.24, 2.45) is 0 Å². The van der Waals surface area contributed by atoms with Gasteiger partial charge < -0.3 is 4.90 Å². The summed E-state index contributed by atoms with van der Waals surface area (Å²) < 4.78 is 27.6. The maximum Gasteiger partial charge on any atom is 0.242 e. The van der Waals surface area contributed by atoms with Crippen LogP contribution in [-0.4, -0.2) is 44.5 Å². The molecule has 0 aliphatic rings. The highest BCUT2D eigenvalue weighted by Crippen LogP contribution is 2.20. The predicted octanol–water partition coefficient (Wildman–Crippen LogP) is 2.25. The fourth-order valence-corrected chi connectivity index (χ4v) is 3.67. The Labute approximate surface area is 132 Å². The maximum atomic E-state index is 12.5. The van der Waals surface area contributed by atoms with E-state index >= 15 is 0 Å². The van der Waals surface area contributed by atoms with Crippen molar-refractivity contribution >= 4 is 20.9 Å². The number of para-hydroxylation sites is 1. The Bertz CT molecular complexity index is 707. The molecular weight excluding hydrogens is 298 g/mol. The average Bonchev–Trinajstić information content (AvgIpc) is 2.54. The molecule has 1 N–H and O–H groups in total. The molecule has 0 radical (unpaired) electrons. The van der Waals surface area contributed by atoms with Crippen molar-refractivity contribution in [3.63, 3.8) is 0 Å². The van der Waals surface area contributed by atoms with E-state index in [2.05, 4.69) is 28.5 Å². The number of rotatable bonds is 8. The Balaban J connectivity index is 2.07. The van der Waals surface area contributed by atoms with Gasteiger partial charge in [0.2, 0.25) is 10.0 Å². The molecule has 0 fully saturated rings. The molecule has 0 saturated heterocycles. The van der Waals surface area contributed by atoms with E-state index in [-0.39, 0.29) is 4.90 Å². The summed E-state index contributed by atoms with van der Waals surface area (Å²) in [5, 5.41) is 0.827. The highest BCUT2D eigenvalue weighted by Gasteiger charge is 2.17. The number of pyridine rings is 1. The fraction of sp³-hybridized carbons (Fsp3) is 0.438. The highest BCUT2D eigenvalue weighted by atomic mass is 32.2. The van der Waals surface area contributed by atoms with Crippen LogP contribution in [0.1, 0.15) is 20.3 Å².